The topological polar surface area (TPSA) is 263 Å². The van der Waals surface area contributed by atoms with E-state index in [0.717, 1.165) is 17.8 Å². The number of phenolic OH excluding ortho intramolecular Hbond substituents is 3. The molecule has 0 aliphatic heterocycles. The first-order valence-corrected chi connectivity index (χ1v) is 17.0. The summed E-state index contributed by atoms with van der Waals surface area (Å²) in [6, 6.07) is 13.0. The number of hydrazone groups is 3. The van der Waals surface area contributed by atoms with Crippen LogP contribution in [0.5, 0.6) is 17.2 Å². The van der Waals surface area contributed by atoms with Crippen molar-refractivity contribution in [1.82, 2.24) is 16.3 Å². The van der Waals surface area contributed by atoms with Crippen LogP contribution in [-0.2, 0) is 0 Å². The number of anilines is 3. The van der Waals surface area contributed by atoms with E-state index >= 15 is 0 Å². The first-order chi connectivity index (χ1) is 24.7. The summed E-state index contributed by atoms with van der Waals surface area (Å²) < 4.78 is 0. The summed E-state index contributed by atoms with van der Waals surface area (Å²) in [6.07, 6.45) is 2.42. The summed E-state index contributed by atoms with van der Waals surface area (Å²) in [5.41, 5.74) is 27.1. The van der Waals surface area contributed by atoms with Gasteiger partial charge in [-0.3, -0.25) is 14.4 Å². The molecular formula is C38H55N9O6. The van der Waals surface area contributed by atoms with E-state index in [-0.39, 0.29) is 51.7 Å². The second kappa shape index (κ2) is 22.0. The lowest BCUT2D eigenvalue weighted by Gasteiger charge is -2.13. The lowest BCUT2D eigenvalue weighted by atomic mass is 9.98. The predicted octanol–water partition coefficient (Wildman–Crippen LogP) is 5.84. The number of nitrogens with one attached hydrogen (secondary N) is 3. The summed E-state index contributed by atoms with van der Waals surface area (Å²) in [4.78, 5) is 35.2. The van der Waals surface area contributed by atoms with Gasteiger partial charge in [0.05, 0.1) is 16.7 Å². The fraction of sp³-hybridized carbons (Fsp3) is 0.368. The fourth-order valence-electron chi connectivity index (χ4n) is 4.47. The van der Waals surface area contributed by atoms with E-state index < -0.39 is 17.7 Å². The quantitative estimate of drug-likeness (QED) is 0.0650. The number of phenols is 3. The maximum atomic E-state index is 11.9. The van der Waals surface area contributed by atoms with Gasteiger partial charge in [0, 0.05) is 52.9 Å². The first-order valence-electron chi connectivity index (χ1n) is 17.0. The van der Waals surface area contributed by atoms with Crippen LogP contribution in [0.1, 0.15) is 99.8 Å². The first kappa shape index (κ1) is 44.9. The Hall–Kier alpha value is -6.12. The molecule has 0 aliphatic carbocycles. The Morgan fingerprint density at radius 1 is 0.623 bits per heavy atom. The van der Waals surface area contributed by atoms with Crippen LogP contribution in [0, 0.1) is 23.7 Å². The van der Waals surface area contributed by atoms with E-state index in [0.29, 0.717) is 23.0 Å². The van der Waals surface area contributed by atoms with Gasteiger partial charge in [-0.05, 0) is 73.4 Å². The van der Waals surface area contributed by atoms with Crippen molar-refractivity contribution >= 4 is 52.4 Å². The summed E-state index contributed by atoms with van der Waals surface area (Å²) in [5, 5.41) is 40.6. The Morgan fingerprint density at radius 3 is 1.30 bits per heavy atom. The monoisotopic (exact) mass is 733 g/mol. The number of benzene rings is 3. The normalized spacial score (nSPS) is 11.1. The number of hydrogen-bond acceptors (Lipinski definition) is 12. The smallest absolute Gasteiger partial charge is 0.275 e. The zero-order chi connectivity index (χ0) is 40.4. The molecular weight excluding hydrogens is 678 g/mol. The van der Waals surface area contributed by atoms with Gasteiger partial charge in [-0.25, -0.2) is 16.3 Å². The van der Waals surface area contributed by atoms with Crippen molar-refractivity contribution in [2.24, 2.45) is 39.0 Å². The van der Waals surface area contributed by atoms with Crippen LogP contribution in [0.15, 0.2) is 69.9 Å². The third-order valence-corrected chi connectivity index (χ3v) is 6.86. The highest BCUT2D eigenvalue weighted by atomic mass is 16.3. The number of rotatable bonds is 11. The number of hydrogen-bond donors (Lipinski definition) is 9. The van der Waals surface area contributed by atoms with Gasteiger partial charge in [-0.1, -0.05) is 55.4 Å². The minimum Gasteiger partial charge on any atom is -0.507 e. The molecule has 0 fully saturated rings. The van der Waals surface area contributed by atoms with Gasteiger partial charge in [-0.2, -0.15) is 15.3 Å². The Labute approximate surface area is 311 Å². The second-order valence-electron chi connectivity index (χ2n) is 13.5. The van der Waals surface area contributed by atoms with Crippen molar-refractivity contribution in [1.29, 1.82) is 0 Å². The molecule has 0 aliphatic rings. The van der Waals surface area contributed by atoms with Crippen molar-refractivity contribution in [3.05, 3.63) is 71.3 Å². The summed E-state index contributed by atoms with van der Waals surface area (Å²) in [5.74, 6) is -0.581. The number of aromatic hydroxyl groups is 3. The lowest BCUT2D eigenvalue weighted by Crippen LogP contribution is -2.24. The number of carbonyl (C=O) groups is 3. The number of nitrogen functional groups attached to an aromatic ring is 3. The molecule has 0 spiro atoms. The Balaban J connectivity index is 0.000000399. The minimum atomic E-state index is -0.464. The zero-order valence-corrected chi connectivity index (χ0v) is 31.9. The van der Waals surface area contributed by atoms with E-state index in [1.807, 2.05) is 48.5 Å². The summed E-state index contributed by atoms with van der Waals surface area (Å²) >= 11 is 0. The molecule has 3 aromatic carbocycles. The molecule has 3 rings (SSSR count). The predicted molar refractivity (Wildman–Crippen MR) is 213 cm³/mol. The van der Waals surface area contributed by atoms with Crippen LogP contribution in [0.4, 0.5) is 17.1 Å². The van der Waals surface area contributed by atoms with E-state index in [2.05, 4.69) is 45.4 Å². The molecule has 15 heteroatoms. The molecule has 0 heterocycles. The molecule has 288 valence electrons. The molecule has 0 saturated carbocycles. The lowest BCUT2D eigenvalue weighted by molar-refractivity contribution is 0.0943. The van der Waals surface area contributed by atoms with Gasteiger partial charge in [0.25, 0.3) is 17.7 Å². The number of amides is 3. The van der Waals surface area contributed by atoms with Crippen molar-refractivity contribution in [3.8, 4) is 17.2 Å². The zero-order valence-electron chi connectivity index (χ0n) is 31.9. The molecule has 3 aromatic rings. The van der Waals surface area contributed by atoms with Crippen LogP contribution in [0.2, 0.25) is 0 Å². The summed E-state index contributed by atoms with van der Waals surface area (Å²) in [7, 11) is 0. The van der Waals surface area contributed by atoms with Crippen molar-refractivity contribution < 1.29 is 29.7 Å². The van der Waals surface area contributed by atoms with E-state index in [1.54, 1.807) is 24.4 Å². The molecule has 0 bridgehead atoms. The van der Waals surface area contributed by atoms with Gasteiger partial charge in [0.15, 0.2) is 0 Å². The molecule has 0 saturated heterocycles. The van der Waals surface area contributed by atoms with Crippen molar-refractivity contribution in [3.63, 3.8) is 0 Å². The number of nitrogens with two attached hydrogens (primary N) is 3. The molecule has 0 atom stereocenters. The third kappa shape index (κ3) is 16.6. The molecule has 3 amide bonds. The highest BCUT2D eigenvalue weighted by Gasteiger charge is 2.14. The Kier molecular flexibility index (Phi) is 18.6. The van der Waals surface area contributed by atoms with E-state index in [9.17, 15) is 29.7 Å². The molecule has 0 unspecified atom stereocenters. The van der Waals surface area contributed by atoms with E-state index in [1.165, 1.54) is 36.4 Å². The van der Waals surface area contributed by atoms with Crippen molar-refractivity contribution in [2.45, 2.75) is 68.7 Å². The summed E-state index contributed by atoms with van der Waals surface area (Å²) in [6.45, 7) is 18.0. The average Bonchev–Trinajstić information content (AvgIpc) is 3.03. The van der Waals surface area contributed by atoms with E-state index in [4.69, 9.17) is 17.2 Å². The molecule has 0 radical (unpaired) electrons. The van der Waals surface area contributed by atoms with Gasteiger partial charge >= 0.3 is 0 Å². The van der Waals surface area contributed by atoms with Crippen LogP contribution >= 0.6 is 0 Å². The highest BCUT2D eigenvalue weighted by Crippen LogP contribution is 2.22. The van der Waals surface area contributed by atoms with Crippen LogP contribution in [-0.4, -0.2) is 50.7 Å². The molecule has 15 nitrogen and oxygen atoms in total. The van der Waals surface area contributed by atoms with Crippen LogP contribution < -0.4 is 33.5 Å². The fourth-order valence-corrected chi connectivity index (χ4v) is 4.47. The standard InChI is InChI=1S/C14H21N3O2.C13H19N3O2.C11H15N3O2/c1-8(2)13(9(3)4)16-17-14(19)11-6-5-10(15)7-12(11)18;1-8(2)6-9(3)15-16-13(18)11-5-4-10(14)7-12(11)17;1-7(2)6-13-14-11(16)9-4-3-8(12)5-10(9)15/h5-9,18H,15H2,1-4H3,(H,17,19);4-5,7-8,17H,6,14H2,1-3H3,(H,16,18);3-7,15H,12H2,1-2H3,(H,14,16). The van der Waals surface area contributed by atoms with Crippen LogP contribution in [0.3, 0.4) is 0 Å². The van der Waals surface area contributed by atoms with Gasteiger partial charge in [-0.15, -0.1) is 0 Å². The van der Waals surface area contributed by atoms with Gasteiger partial charge in [0.1, 0.15) is 17.2 Å². The Bertz CT molecular complexity index is 1770. The largest absolute Gasteiger partial charge is 0.507 e. The van der Waals surface area contributed by atoms with Crippen molar-refractivity contribution in [2.75, 3.05) is 17.2 Å². The van der Waals surface area contributed by atoms with Gasteiger partial charge in [0.2, 0.25) is 0 Å². The molecule has 12 N–H and O–H groups in total. The maximum Gasteiger partial charge on any atom is 0.275 e. The SMILES string of the molecule is CC(C)C(=NNC(=O)c1ccc(N)cc1O)C(C)C.CC(C)C=NNC(=O)c1ccc(N)cc1O.CC(CC(C)C)=NNC(=O)c1ccc(N)cc1O. The Morgan fingerprint density at radius 2 is 0.981 bits per heavy atom. The minimum absolute atomic E-state index is 0.148. The van der Waals surface area contributed by atoms with Crippen LogP contribution in [0.25, 0.3) is 0 Å². The third-order valence-electron chi connectivity index (χ3n) is 6.86. The average molecular weight is 734 g/mol. The van der Waals surface area contributed by atoms with Gasteiger partial charge < -0.3 is 32.5 Å². The number of nitrogens with zero attached hydrogens (tertiary/aromatic N) is 3. The maximum absolute atomic E-state index is 11.9. The second-order valence-corrected chi connectivity index (χ2v) is 13.5. The number of carbonyl (C=O) groups excluding carboxylic acids is 3. The molecule has 0 aromatic heterocycles. The highest BCUT2D eigenvalue weighted by molar-refractivity contribution is 5.99. The molecule has 53 heavy (non-hydrogen) atoms.